The van der Waals surface area contributed by atoms with Gasteiger partial charge in [-0.2, -0.15) is 13.2 Å². The van der Waals surface area contributed by atoms with Gasteiger partial charge in [-0.25, -0.2) is 0 Å². The maximum atomic E-state index is 13.3. The highest BCUT2D eigenvalue weighted by Gasteiger charge is 2.39. The van der Waals surface area contributed by atoms with Crippen molar-refractivity contribution in [1.29, 1.82) is 0 Å². The third kappa shape index (κ3) is 6.73. The zero-order valence-corrected chi connectivity index (χ0v) is 21.1. The summed E-state index contributed by atoms with van der Waals surface area (Å²) >= 11 is 0. The Hall–Kier alpha value is -1.64. The van der Waals surface area contributed by atoms with Crippen LogP contribution in [0.15, 0.2) is 24.3 Å². The molecule has 192 valence electrons. The molecule has 1 aromatic rings. The van der Waals surface area contributed by atoms with E-state index in [0.717, 1.165) is 56.6 Å². The summed E-state index contributed by atoms with van der Waals surface area (Å²) in [5.74, 6) is 0.809. The van der Waals surface area contributed by atoms with Crippen LogP contribution in [0.1, 0.15) is 70.5 Å². The van der Waals surface area contributed by atoms with E-state index < -0.39 is 11.7 Å². The van der Waals surface area contributed by atoms with E-state index in [-0.39, 0.29) is 23.4 Å². The number of nitrogens with zero attached hydrogens (tertiary/aromatic N) is 3. The zero-order chi connectivity index (χ0) is 25.1. The van der Waals surface area contributed by atoms with Crippen molar-refractivity contribution in [3.8, 4) is 0 Å². The average molecular weight is 483 g/mol. The molecule has 1 aromatic carbocycles. The largest absolute Gasteiger partial charge is 0.416 e. The number of benzene rings is 1. The fraction of sp³-hybridized carbons (Fsp3) is 0.731. The van der Waals surface area contributed by atoms with Crippen LogP contribution in [-0.4, -0.2) is 66.0 Å². The van der Waals surface area contributed by atoms with E-state index in [2.05, 4.69) is 35.5 Å². The molecule has 34 heavy (non-hydrogen) atoms. The molecule has 2 saturated heterocycles. The molecule has 8 heteroatoms. The first-order valence-electron chi connectivity index (χ1n) is 12.5. The number of hydrogen-bond donors (Lipinski definition) is 1. The number of nitrogens with two attached hydrogens (primary N) is 1. The minimum atomic E-state index is -4.33. The van der Waals surface area contributed by atoms with Gasteiger partial charge < -0.3 is 10.6 Å². The molecule has 2 aliphatic heterocycles. The van der Waals surface area contributed by atoms with Crippen molar-refractivity contribution in [3.63, 3.8) is 0 Å². The molecular weight excluding hydrogens is 441 g/mol. The molecule has 2 N–H and O–H groups in total. The lowest BCUT2D eigenvalue weighted by Gasteiger charge is -2.49. The van der Waals surface area contributed by atoms with Crippen LogP contribution in [0.25, 0.3) is 0 Å². The van der Waals surface area contributed by atoms with Crippen LogP contribution in [-0.2, 0) is 11.0 Å². The summed E-state index contributed by atoms with van der Waals surface area (Å²) in [6, 6.07) is 5.51. The van der Waals surface area contributed by atoms with Crippen molar-refractivity contribution < 1.29 is 18.0 Å². The summed E-state index contributed by atoms with van der Waals surface area (Å²) in [7, 11) is 0. The van der Waals surface area contributed by atoms with E-state index >= 15 is 0 Å². The van der Waals surface area contributed by atoms with Gasteiger partial charge in [-0.05, 0) is 68.3 Å². The number of alkyl halides is 3. The van der Waals surface area contributed by atoms with Gasteiger partial charge in [-0.3, -0.25) is 14.6 Å². The Balaban J connectivity index is 1.61. The fourth-order valence-corrected chi connectivity index (χ4v) is 5.29. The lowest BCUT2D eigenvalue weighted by Crippen LogP contribution is -2.59. The molecular formula is C26H41F3N4O. The Morgan fingerprint density at radius 2 is 1.68 bits per heavy atom. The average Bonchev–Trinajstić information content (AvgIpc) is 2.81. The quantitative estimate of drug-likeness (QED) is 0.637. The number of likely N-dealkylation sites (tertiary alicyclic amines) is 1. The molecule has 3 rings (SSSR count). The molecule has 0 aromatic heterocycles. The molecule has 0 spiro atoms. The van der Waals surface area contributed by atoms with Crippen LogP contribution in [0.4, 0.5) is 13.2 Å². The molecule has 0 saturated carbocycles. The van der Waals surface area contributed by atoms with Crippen LogP contribution in [0.3, 0.4) is 0 Å². The highest BCUT2D eigenvalue weighted by atomic mass is 19.4. The minimum Gasteiger partial charge on any atom is -0.337 e. The number of halogens is 3. The third-order valence-corrected chi connectivity index (χ3v) is 7.73. The van der Waals surface area contributed by atoms with Gasteiger partial charge in [0, 0.05) is 44.8 Å². The monoisotopic (exact) mass is 482 g/mol. The molecule has 2 atom stereocenters. The molecule has 5 nitrogen and oxygen atoms in total. The van der Waals surface area contributed by atoms with E-state index in [0.29, 0.717) is 32.1 Å². The first-order valence-corrected chi connectivity index (χ1v) is 12.5. The molecule has 0 radical (unpaired) electrons. The lowest BCUT2D eigenvalue weighted by atomic mass is 9.83. The standard InChI is InChI=1S/C26H41F3N4O/c1-19(21-6-8-22(9-7-21)26(27,28)29)32-15-16-33(23(17-32)25(2,3)4)24(34)10-5-20-11-13-31(18-30)14-12-20/h6-9,19-20,23H,5,10-18,30H2,1-4H3. The molecule has 0 bridgehead atoms. The van der Waals surface area contributed by atoms with Crippen molar-refractivity contribution in [2.45, 2.75) is 71.6 Å². The second-order valence-electron chi connectivity index (χ2n) is 11.0. The zero-order valence-electron chi connectivity index (χ0n) is 21.1. The Morgan fingerprint density at radius 1 is 1.06 bits per heavy atom. The first kappa shape index (κ1) is 27.0. The molecule has 1 amide bonds. The molecule has 0 aliphatic carbocycles. The number of carbonyl (C=O) groups excluding carboxylic acids is 1. The third-order valence-electron chi connectivity index (χ3n) is 7.73. The topological polar surface area (TPSA) is 52.8 Å². The first-order chi connectivity index (χ1) is 15.9. The summed E-state index contributed by atoms with van der Waals surface area (Å²) in [5, 5.41) is 0. The van der Waals surface area contributed by atoms with Crippen LogP contribution >= 0.6 is 0 Å². The van der Waals surface area contributed by atoms with Gasteiger partial charge in [0.25, 0.3) is 0 Å². The summed E-state index contributed by atoms with van der Waals surface area (Å²) in [6.45, 7) is 13.2. The van der Waals surface area contributed by atoms with E-state index in [4.69, 9.17) is 5.73 Å². The Bertz CT molecular complexity index is 798. The second kappa shape index (κ2) is 11.0. The molecule has 2 aliphatic rings. The van der Waals surface area contributed by atoms with Gasteiger partial charge in [-0.1, -0.05) is 32.9 Å². The maximum absolute atomic E-state index is 13.3. The van der Waals surface area contributed by atoms with Crippen LogP contribution < -0.4 is 5.73 Å². The van der Waals surface area contributed by atoms with Crippen molar-refractivity contribution in [2.24, 2.45) is 17.1 Å². The number of rotatable bonds is 6. The normalized spacial score (nSPS) is 22.7. The highest BCUT2D eigenvalue weighted by molar-refractivity contribution is 5.76. The summed E-state index contributed by atoms with van der Waals surface area (Å²) in [6.07, 6.45) is -0.617. The molecule has 2 fully saturated rings. The van der Waals surface area contributed by atoms with E-state index in [1.54, 1.807) is 12.1 Å². The molecule has 2 unspecified atom stereocenters. The van der Waals surface area contributed by atoms with Gasteiger partial charge in [0.05, 0.1) is 5.56 Å². The Labute approximate surface area is 202 Å². The predicted molar refractivity (Wildman–Crippen MR) is 129 cm³/mol. The van der Waals surface area contributed by atoms with Crippen molar-refractivity contribution in [1.82, 2.24) is 14.7 Å². The van der Waals surface area contributed by atoms with E-state index in [1.807, 2.05) is 6.92 Å². The number of hydrogen-bond acceptors (Lipinski definition) is 4. The Kier molecular flexibility index (Phi) is 8.69. The Morgan fingerprint density at radius 3 is 2.21 bits per heavy atom. The van der Waals surface area contributed by atoms with Crippen LogP contribution in [0.2, 0.25) is 0 Å². The van der Waals surface area contributed by atoms with Gasteiger partial charge in [0.1, 0.15) is 0 Å². The lowest BCUT2D eigenvalue weighted by molar-refractivity contribution is -0.140. The van der Waals surface area contributed by atoms with Crippen molar-refractivity contribution in [2.75, 3.05) is 39.4 Å². The van der Waals surface area contributed by atoms with Crippen molar-refractivity contribution >= 4 is 5.91 Å². The van der Waals surface area contributed by atoms with Crippen molar-refractivity contribution in [3.05, 3.63) is 35.4 Å². The number of piperidine rings is 1. The van der Waals surface area contributed by atoms with E-state index in [9.17, 15) is 18.0 Å². The van der Waals surface area contributed by atoms with E-state index in [1.165, 1.54) is 0 Å². The maximum Gasteiger partial charge on any atom is 0.416 e. The smallest absolute Gasteiger partial charge is 0.337 e. The number of amides is 1. The summed E-state index contributed by atoms with van der Waals surface area (Å²) in [5.41, 5.74) is 5.88. The summed E-state index contributed by atoms with van der Waals surface area (Å²) < 4.78 is 38.8. The second-order valence-corrected chi connectivity index (χ2v) is 11.0. The van der Waals surface area contributed by atoms with Gasteiger partial charge in [0.2, 0.25) is 5.91 Å². The van der Waals surface area contributed by atoms with Gasteiger partial charge >= 0.3 is 6.18 Å². The van der Waals surface area contributed by atoms with Gasteiger partial charge in [0.15, 0.2) is 0 Å². The predicted octanol–water partition coefficient (Wildman–Crippen LogP) is 4.73. The SMILES string of the molecule is CC(c1ccc(C(F)(F)F)cc1)N1CCN(C(=O)CCC2CCN(CN)CC2)C(C(C)(C)C)C1. The number of piperazine rings is 1. The number of carbonyl (C=O) groups is 1. The molecule has 2 heterocycles. The van der Waals surface area contributed by atoms with Gasteiger partial charge in [-0.15, -0.1) is 0 Å². The fourth-order valence-electron chi connectivity index (χ4n) is 5.29. The van der Waals surface area contributed by atoms with Crippen LogP contribution in [0.5, 0.6) is 0 Å². The summed E-state index contributed by atoms with van der Waals surface area (Å²) in [4.78, 5) is 19.9. The minimum absolute atomic E-state index is 0.0166. The highest BCUT2D eigenvalue weighted by Crippen LogP contribution is 2.34. The van der Waals surface area contributed by atoms with Crippen LogP contribution in [0, 0.1) is 11.3 Å².